The van der Waals surface area contributed by atoms with Crippen LogP contribution in [0.2, 0.25) is 5.02 Å². The van der Waals surface area contributed by atoms with Gasteiger partial charge in [-0.15, -0.1) is 0 Å². The zero-order chi connectivity index (χ0) is 15.5. The summed E-state index contributed by atoms with van der Waals surface area (Å²) in [6.45, 7) is 5.10. The first-order valence-electron chi connectivity index (χ1n) is 5.75. The number of hydrogen-bond acceptors (Lipinski definition) is 4. The van der Waals surface area contributed by atoms with Gasteiger partial charge in [-0.25, -0.2) is 9.59 Å². The van der Waals surface area contributed by atoms with Crippen LogP contribution in [-0.4, -0.2) is 29.9 Å². The molecule has 0 radical (unpaired) electrons. The number of carboxylic acids is 1. The van der Waals surface area contributed by atoms with Gasteiger partial charge in [0.2, 0.25) is 0 Å². The van der Waals surface area contributed by atoms with Crippen LogP contribution in [0.4, 0.5) is 10.5 Å². The van der Waals surface area contributed by atoms with Crippen LogP contribution >= 0.6 is 11.6 Å². The maximum absolute atomic E-state index is 11.7. The minimum absolute atomic E-state index is 0.0394. The lowest BCUT2D eigenvalue weighted by molar-refractivity contribution is 0.0636. The lowest BCUT2D eigenvalue weighted by Crippen LogP contribution is -2.27. The topological polar surface area (TPSA) is 84.9 Å². The van der Waals surface area contributed by atoms with Gasteiger partial charge in [-0.1, -0.05) is 11.6 Å². The molecule has 0 heterocycles. The van der Waals surface area contributed by atoms with Crippen LogP contribution in [-0.2, 0) is 4.74 Å². The summed E-state index contributed by atoms with van der Waals surface area (Å²) >= 11 is 5.91. The lowest BCUT2D eigenvalue weighted by atomic mass is 10.1. The Morgan fingerprint density at radius 1 is 1.30 bits per heavy atom. The van der Waals surface area contributed by atoms with Crippen molar-refractivity contribution in [2.24, 2.45) is 0 Å². The maximum Gasteiger partial charge on any atom is 0.412 e. The van der Waals surface area contributed by atoms with Gasteiger partial charge in [0.15, 0.2) is 0 Å². The predicted molar refractivity (Wildman–Crippen MR) is 74.8 cm³/mol. The van der Waals surface area contributed by atoms with Gasteiger partial charge in [0.05, 0.1) is 23.4 Å². The third kappa shape index (κ3) is 4.31. The number of hydrogen-bond donors (Lipinski definition) is 2. The number of aromatic carboxylic acids is 1. The van der Waals surface area contributed by atoms with Crippen LogP contribution in [0.15, 0.2) is 12.1 Å². The summed E-state index contributed by atoms with van der Waals surface area (Å²) in [6.07, 6.45) is -0.763. The molecule has 0 saturated heterocycles. The van der Waals surface area contributed by atoms with Crippen LogP contribution < -0.4 is 10.1 Å². The van der Waals surface area contributed by atoms with Gasteiger partial charge >= 0.3 is 12.1 Å². The molecule has 0 saturated carbocycles. The SMILES string of the molecule is COc1cc(C(=O)O)c(NC(=O)OC(C)(C)C)cc1Cl. The van der Waals surface area contributed by atoms with E-state index < -0.39 is 17.7 Å². The summed E-state index contributed by atoms with van der Waals surface area (Å²) in [4.78, 5) is 22.8. The van der Waals surface area contributed by atoms with Crippen LogP contribution in [0.5, 0.6) is 5.75 Å². The summed E-state index contributed by atoms with van der Waals surface area (Å²) in [5.74, 6) is -1.01. The van der Waals surface area contributed by atoms with Crippen LogP contribution in [0, 0.1) is 0 Å². The Balaban J connectivity index is 3.08. The van der Waals surface area contributed by atoms with Crippen molar-refractivity contribution in [3.05, 3.63) is 22.7 Å². The van der Waals surface area contributed by atoms with Crippen molar-refractivity contribution in [1.29, 1.82) is 0 Å². The van der Waals surface area contributed by atoms with Crippen molar-refractivity contribution in [1.82, 2.24) is 0 Å². The number of carboxylic acid groups (broad SMARTS) is 1. The molecule has 1 aromatic carbocycles. The smallest absolute Gasteiger partial charge is 0.412 e. The molecule has 0 aromatic heterocycles. The van der Waals surface area contributed by atoms with E-state index in [1.54, 1.807) is 20.8 Å². The van der Waals surface area contributed by atoms with Crippen molar-refractivity contribution in [3.63, 3.8) is 0 Å². The Bertz CT molecular complexity index is 536. The Kier molecular flexibility index (Phi) is 4.83. The van der Waals surface area contributed by atoms with Crippen LogP contribution in [0.1, 0.15) is 31.1 Å². The largest absolute Gasteiger partial charge is 0.495 e. The average Bonchev–Trinajstić information content (AvgIpc) is 2.25. The van der Waals surface area contributed by atoms with Crippen molar-refractivity contribution < 1.29 is 24.2 Å². The molecule has 0 aliphatic heterocycles. The quantitative estimate of drug-likeness (QED) is 0.894. The van der Waals surface area contributed by atoms with Gasteiger partial charge in [-0.05, 0) is 32.9 Å². The van der Waals surface area contributed by atoms with E-state index in [1.807, 2.05) is 0 Å². The summed E-state index contributed by atoms with van der Waals surface area (Å²) in [5.41, 5.74) is -0.793. The molecule has 2 N–H and O–H groups in total. The minimum atomic E-state index is -1.22. The molecule has 0 unspecified atom stereocenters. The molecule has 0 bridgehead atoms. The number of methoxy groups -OCH3 is 1. The van der Waals surface area contributed by atoms with E-state index >= 15 is 0 Å². The highest BCUT2D eigenvalue weighted by Gasteiger charge is 2.20. The molecule has 110 valence electrons. The number of nitrogens with one attached hydrogen (secondary N) is 1. The van der Waals surface area contributed by atoms with Crippen molar-refractivity contribution in [2.75, 3.05) is 12.4 Å². The van der Waals surface area contributed by atoms with Gasteiger partial charge in [0.25, 0.3) is 0 Å². The first-order valence-corrected chi connectivity index (χ1v) is 6.12. The van der Waals surface area contributed by atoms with Gasteiger partial charge in [-0.3, -0.25) is 5.32 Å². The fourth-order valence-corrected chi connectivity index (χ4v) is 1.64. The van der Waals surface area contributed by atoms with Crippen molar-refractivity contribution in [2.45, 2.75) is 26.4 Å². The van der Waals surface area contributed by atoms with Crippen LogP contribution in [0.3, 0.4) is 0 Å². The number of amides is 1. The summed E-state index contributed by atoms with van der Waals surface area (Å²) in [5, 5.41) is 11.7. The van der Waals surface area contributed by atoms with Crippen LogP contribution in [0.25, 0.3) is 0 Å². The number of rotatable bonds is 3. The minimum Gasteiger partial charge on any atom is -0.495 e. The number of ether oxygens (including phenoxy) is 2. The third-order valence-corrected chi connectivity index (χ3v) is 2.45. The molecule has 7 heteroatoms. The summed E-state index contributed by atoms with van der Waals surface area (Å²) < 4.78 is 9.99. The van der Waals surface area contributed by atoms with E-state index in [0.717, 1.165) is 0 Å². The molecule has 0 spiro atoms. The molecule has 6 nitrogen and oxygen atoms in total. The highest BCUT2D eigenvalue weighted by atomic mass is 35.5. The molecule has 1 aromatic rings. The lowest BCUT2D eigenvalue weighted by Gasteiger charge is -2.20. The van der Waals surface area contributed by atoms with E-state index in [2.05, 4.69) is 5.32 Å². The second-order valence-electron chi connectivity index (χ2n) is 4.96. The molecule has 0 aliphatic rings. The Morgan fingerprint density at radius 3 is 2.35 bits per heavy atom. The fourth-order valence-electron chi connectivity index (χ4n) is 1.40. The molecular formula is C13H16ClNO5. The molecule has 20 heavy (non-hydrogen) atoms. The Morgan fingerprint density at radius 2 is 1.90 bits per heavy atom. The monoisotopic (exact) mass is 301 g/mol. The Hall–Kier alpha value is -1.95. The van der Waals surface area contributed by atoms with Gasteiger partial charge in [-0.2, -0.15) is 0 Å². The molecule has 1 amide bonds. The normalized spacial score (nSPS) is 10.8. The van der Waals surface area contributed by atoms with E-state index in [4.69, 9.17) is 26.2 Å². The van der Waals surface area contributed by atoms with Gasteiger partial charge in [0, 0.05) is 0 Å². The standard InChI is InChI=1S/C13H16ClNO5/c1-13(2,3)20-12(18)15-9-6-8(14)10(19-4)5-7(9)11(16)17/h5-6H,1-4H3,(H,15,18)(H,16,17). The second-order valence-corrected chi connectivity index (χ2v) is 5.37. The third-order valence-electron chi connectivity index (χ3n) is 2.16. The molecular weight excluding hydrogens is 286 g/mol. The Labute approximate surface area is 121 Å². The number of carbonyl (C=O) groups is 2. The second kappa shape index (κ2) is 6.00. The van der Waals surface area contributed by atoms with Gasteiger partial charge < -0.3 is 14.6 Å². The highest BCUT2D eigenvalue weighted by molar-refractivity contribution is 6.32. The predicted octanol–water partition coefficient (Wildman–Crippen LogP) is 3.39. The van der Waals surface area contributed by atoms with Gasteiger partial charge in [0.1, 0.15) is 11.4 Å². The van der Waals surface area contributed by atoms with E-state index in [1.165, 1.54) is 19.2 Å². The highest BCUT2D eigenvalue weighted by Crippen LogP contribution is 2.31. The molecule has 0 aliphatic carbocycles. The fraction of sp³-hybridized carbons (Fsp3) is 0.385. The zero-order valence-corrected chi connectivity index (χ0v) is 12.4. The first-order chi connectivity index (χ1) is 9.14. The summed E-state index contributed by atoms with van der Waals surface area (Å²) in [6, 6.07) is 2.53. The number of benzene rings is 1. The number of halogens is 1. The molecule has 1 rings (SSSR count). The van der Waals surface area contributed by atoms with Crippen molar-refractivity contribution >= 4 is 29.4 Å². The van der Waals surface area contributed by atoms with Crippen molar-refractivity contribution in [3.8, 4) is 5.75 Å². The maximum atomic E-state index is 11.7. The first kappa shape index (κ1) is 16.1. The van der Waals surface area contributed by atoms with E-state index in [0.29, 0.717) is 0 Å². The van der Waals surface area contributed by atoms with E-state index in [-0.39, 0.29) is 22.0 Å². The zero-order valence-electron chi connectivity index (χ0n) is 11.6. The molecule has 0 fully saturated rings. The number of anilines is 1. The molecule has 0 atom stereocenters. The number of carbonyl (C=O) groups excluding carboxylic acids is 1. The summed E-state index contributed by atoms with van der Waals surface area (Å²) in [7, 11) is 1.37. The average molecular weight is 302 g/mol. The van der Waals surface area contributed by atoms with E-state index in [9.17, 15) is 9.59 Å².